The zero-order valence-electron chi connectivity index (χ0n) is 15.2. The number of rotatable bonds is 6. The molecule has 5 heteroatoms. The molecule has 3 rings (SSSR count). The molecule has 25 heavy (non-hydrogen) atoms. The Morgan fingerprint density at radius 3 is 2.80 bits per heavy atom. The standard InChI is InChI=1S/C20H31N3O2/c1-20(10-5-11-23(20)14-16-6-3-2-4-7-16)15-22-19(25)21-13-17-8-9-18(24)12-17/h2-4,6-7,17-18,24H,5,8-15H2,1H3,(H2,21,22,25). The number of likely N-dealkylation sites (tertiary alicyclic amines) is 1. The van der Waals surface area contributed by atoms with Crippen molar-refractivity contribution >= 4 is 6.03 Å². The maximum Gasteiger partial charge on any atom is 0.314 e. The van der Waals surface area contributed by atoms with Gasteiger partial charge in [-0.15, -0.1) is 0 Å². The van der Waals surface area contributed by atoms with Crippen LogP contribution in [-0.4, -0.2) is 47.3 Å². The van der Waals surface area contributed by atoms with E-state index in [0.29, 0.717) is 19.0 Å². The van der Waals surface area contributed by atoms with Crippen molar-refractivity contribution in [2.45, 2.75) is 57.2 Å². The Bertz CT molecular complexity index is 565. The highest BCUT2D eigenvalue weighted by atomic mass is 16.3. The summed E-state index contributed by atoms with van der Waals surface area (Å²) in [6.45, 7) is 5.58. The van der Waals surface area contributed by atoms with Gasteiger partial charge in [0.15, 0.2) is 0 Å². The molecular weight excluding hydrogens is 314 g/mol. The minimum Gasteiger partial charge on any atom is -0.393 e. The molecule has 1 saturated heterocycles. The van der Waals surface area contributed by atoms with E-state index in [1.165, 1.54) is 12.0 Å². The lowest BCUT2D eigenvalue weighted by atomic mass is 9.98. The maximum absolute atomic E-state index is 12.1. The summed E-state index contributed by atoms with van der Waals surface area (Å²) in [4.78, 5) is 14.6. The first kappa shape index (κ1) is 18.2. The Balaban J connectivity index is 1.44. The van der Waals surface area contributed by atoms with Gasteiger partial charge in [-0.05, 0) is 57.1 Å². The average molecular weight is 345 g/mol. The normalized spacial score (nSPS) is 29.7. The van der Waals surface area contributed by atoms with Crippen molar-refractivity contribution in [2.24, 2.45) is 5.92 Å². The monoisotopic (exact) mass is 345 g/mol. The van der Waals surface area contributed by atoms with E-state index in [0.717, 1.165) is 38.8 Å². The highest BCUT2D eigenvalue weighted by molar-refractivity contribution is 5.73. The lowest BCUT2D eigenvalue weighted by Gasteiger charge is -2.35. The lowest BCUT2D eigenvalue weighted by Crippen LogP contribution is -2.51. The van der Waals surface area contributed by atoms with Gasteiger partial charge in [0, 0.05) is 25.2 Å². The summed E-state index contributed by atoms with van der Waals surface area (Å²) in [6.07, 6.45) is 4.77. The largest absolute Gasteiger partial charge is 0.393 e. The van der Waals surface area contributed by atoms with Crippen LogP contribution in [0.4, 0.5) is 4.79 Å². The van der Waals surface area contributed by atoms with Crippen LogP contribution >= 0.6 is 0 Å². The molecule has 0 aromatic heterocycles. The molecule has 1 heterocycles. The summed E-state index contributed by atoms with van der Waals surface area (Å²) in [5.41, 5.74) is 1.33. The predicted octanol–water partition coefficient (Wildman–Crippen LogP) is 2.50. The van der Waals surface area contributed by atoms with Crippen molar-refractivity contribution in [1.29, 1.82) is 0 Å². The van der Waals surface area contributed by atoms with Crippen molar-refractivity contribution < 1.29 is 9.90 Å². The molecule has 5 nitrogen and oxygen atoms in total. The van der Waals surface area contributed by atoms with E-state index in [4.69, 9.17) is 0 Å². The van der Waals surface area contributed by atoms with Gasteiger partial charge < -0.3 is 15.7 Å². The smallest absolute Gasteiger partial charge is 0.314 e. The third-order valence-corrected chi connectivity index (χ3v) is 5.82. The second-order valence-corrected chi connectivity index (χ2v) is 7.90. The van der Waals surface area contributed by atoms with Gasteiger partial charge in [0.2, 0.25) is 0 Å². The number of amides is 2. The number of aliphatic hydroxyl groups is 1. The first-order valence-electron chi connectivity index (χ1n) is 9.54. The lowest BCUT2D eigenvalue weighted by molar-refractivity contribution is 0.145. The molecule has 1 aliphatic carbocycles. The van der Waals surface area contributed by atoms with Crippen molar-refractivity contribution in [3.63, 3.8) is 0 Å². The number of benzene rings is 1. The predicted molar refractivity (Wildman–Crippen MR) is 99.2 cm³/mol. The molecule has 0 bridgehead atoms. The van der Waals surface area contributed by atoms with E-state index in [1.54, 1.807) is 0 Å². The quantitative estimate of drug-likeness (QED) is 0.742. The number of urea groups is 1. The number of hydrogen-bond donors (Lipinski definition) is 3. The minimum atomic E-state index is -0.182. The van der Waals surface area contributed by atoms with E-state index in [-0.39, 0.29) is 17.7 Å². The number of carbonyl (C=O) groups is 1. The second kappa shape index (κ2) is 8.19. The van der Waals surface area contributed by atoms with E-state index >= 15 is 0 Å². The van der Waals surface area contributed by atoms with Gasteiger partial charge in [0.05, 0.1) is 6.10 Å². The number of nitrogens with zero attached hydrogens (tertiary/aromatic N) is 1. The Hall–Kier alpha value is -1.59. The van der Waals surface area contributed by atoms with Crippen LogP contribution in [0.1, 0.15) is 44.6 Å². The van der Waals surface area contributed by atoms with Gasteiger partial charge in [-0.1, -0.05) is 30.3 Å². The van der Waals surface area contributed by atoms with Gasteiger partial charge in [0.25, 0.3) is 0 Å². The van der Waals surface area contributed by atoms with Crippen LogP contribution < -0.4 is 10.6 Å². The Morgan fingerprint density at radius 1 is 1.28 bits per heavy atom. The molecule has 3 unspecified atom stereocenters. The molecule has 1 saturated carbocycles. The van der Waals surface area contributed by atoms with Gasteiger partial charge in [-0.25, -0.2) is 4.79 Å². The summed E-state index contributed by atoms with van der Waals surface area (Å²) < 4.78 is 0. The summed E-state index contributed by atoms with van der Waals surface area (Å²) in [5.74, 6) is 0.414. The number of nitrogens with one attached hydrogen (secondary N) is 2. The molecule has 2 fully saturated rings. The van der Waals surface area contributed by atoms with Gasteiger partial charge in [0.1, 0.15) is 0 Å². The van der Waals surface area contributed by atoms with Crippen molar-refractivity contribution in [1.82, 2.24) is 15.5 Å². The van der Waals surface area contributed by atoms with E-state index < -0.39 is 0 Å². The summed E-state index contributed by atoms with van der Waals surface area (Å²) >= 11 is 0. The topological polar surface area (TPSA) is 64.6 Å². The molecule has 1 aliphatic heterocycles. The van der Waals surface area contributed by atoms with Gasteiger partial charge in [-0.2, -0.15) is 0 Å². The first-order valence-corrected chi connectivity index (χ1v) is 9.54. The third kappa shape index (κ3) is 4.95. The molecule has 2 amide bonds. The zero-order valence-corrected chi connectivity index (χ0v) is 15.2. The molecule has 1 aromatic carbocycles. The molecule has 2 aliphatic rings. The Morgan fingerprint density at radius 2 is 2.08 bits per heavy atom. The van der Waals surface area contributed by atoms with E-state index in [1.807, 2.05) is 6.07 Å². The summed E-state index contributed by atoms with van der Waals surface area (Å²) in [6, 6.07) is 10.4. The summed E-state index contributed by atoms with van der Waals surface area (Å²) in [7, 11) is 0. The molecular formula is C20H31N3O2. The van der Waals surface area contributed by atoms with Crippen LogP contribution in [-0.2, 0) is 6.54 Å². The van der Waals surface area contributed by atoms with Crippen molar-refractivity contribution in [3.8, 4) is 0 Å². The molecule has 138 valence electrons. The van der Waals surface area contributed by atoms with Crippen LogP contribution in [0.5, 0.6) is 0 Å². The van der Waals surface area contributed by atoms with Crippen LogP contribution in [0.3, 0.4) is 0 Å². The van der Waals surface area contributed by atoms with Crippen LogP contribution in [0.15, 0.2) is 30.3 Å². The van der Waals surface area contributed by atoms with E-state index in [9.17, 15) is 9.90 Å². The molecule has 3 atom stereocenters. The number of carbonyl (C=O) groups excluding carboxylic acids is 1. The maximum atomic E-state index is 12.1. The van der Waals surface area contributed by atoms with Crippen molar-refractivity contribution in [2.75, 3.05) is 19.6 Å². The van der Waals surface area contributed by atoms with Crippen LogP contribution in [0.25, 0.3) is 0 Å². The number of aliphatic hydroxyl groups excluding tert-OH is 1. The van der Waals surface area contributed by atoms with Crippen molar-refractivity contribution in [3.05, 3.63) is 35.9 Å². The Kier molecular flexibility index (Phi) is 5.97. The number of hydrogen-bond acceptors (Lipinski definition) is 3. The second-order valence-electron chi connectivity index (χ2n) is 7.90. The molecule has 3 N–H and O–H groups in total. The SMILES string of the molecule is CC1(CNC(=O)NCC2CCC(O)C2)CCCN1Cc1ccccc1. The Labute approximate surface area is 150 Å². The fraction of sp³-hybridized carbons (Fsp3) is 0.650. The minimum absolute atomic E-state index is 0.0106. The van der Waals surface area contributed by atoms with Gasteiger partial charge >= 0.3 is 6.03 Å². The highest BCUT2D eigenvalue weighted by Crippen LogP contribution is 2.30. The zero-order chi connectivity index (χ0) is 17.7. The molecule has 0 spiro atoms. The average Bonchev–Trinajstić information content (AvgIpc) is 3.19. The fourth-order valence-corrected chi connectivity index (χ4v) is 4.16. The van der Waals surface area contributed by atoms with Gasteiger partial charge in [-0.3, -0.25) is 4.90 Å². The fourth-order valence-electron chi connectivity index (χ4n) is 4.16. The first-order chi connectivity index (χ1) is 12.0. The third-order valence-electron chi connectivity index (χ3n) is 5.82. The highest BCUT2D eigenvalue weighted by Gasteiger charge is 2.36. The van der Waals surface area contributed by atoms with Crippen LogP contribution in [0.2, 0.25) is 0 Å². The summed E-state index contributed by atoms with van der Waals surface area (Å²) in [5, 5.41) is 15.6. The molecule has 0 radical (unpaired) electrons. The van der Waals surface area contributed by atoms with Crippen LogP contribution in [0, 0.1) is 5.92 Å². The van der Waals surface area contributed by atoms with E-state index in [2.05, 4.69) is 46.7 Å². The molecule has 1 aromatic rings.